The van der Waals surface area contributed by atoms with Crippen molar-refractivity contribution >= 4 is 17.4 Å². The Labute approximate surface area is 150 Å². The largest absolute Gasteiger partial charge is 0.489 e. The van der Waals surface area contributed by atoms with Crippen molar-refractivity contribution in [3.8, 4) is 0 Å². The van der Waals surface area contributed by atoms with Gasteiger partial charge in [0.1, 0.15) is 4.87 Å². The molecule has 0 N–H and O–H groups in total. The van der Waals surface area contributed by atoms with E-state index in [1.807, 2.05) is 34.6 Å². The first-order valence-corrected chi connectivity index (χ1v) is 9.35. The fourth-order valence-electron chi connectivity index (χ4n) is 4.71. The Morgan fingerprint density at radius 3 is 2.21 bits per heavy atom. The monoisotopic (exact) mass is 352 g/mol. The summed E-state index contributed by atoms with van der Waals surface area (Å²) in [5.41, 5.74) is 0.579. The highest BCUT2D eigenvalue weighted by atomic mass is 35.5. The number of ketones is 1. The number of allylic oxidation sites excluding steroid dienone is 3. The average Bonchev–Trinajstić information content (AvgIpc) is 2.88. The minimum atomic E-state index is -0.906. The molecule has 24 heavy (non-hydrogen) atoms. The number of halogens is 1. The Kier molecular flexibility index (Phi) is 3.92. The second-order valence-corrected chi connectivity index (χ2v) is 9.57. The van der Waals surface area contributed by atoms with Crippen LogP contribution in [-0.2, 0) is 14.3 Å². The fraction of sp³-hybridized carbons (Fsp3) is 0.750. The van der Waals surface area contributed by atoms with Gasteiger partial charge in [-0.2, -0.15) is 0 Å². The number of carbonyl (C=O) groups is 1. The Hall–Kier alpha value is -0.960. The molecular weight excluding hydrogens is 324 g/mol. The van der Waals surface area contributed by atoms with E-state index in [2.05, 4.69) is 19.9 Å². The molecule has 0 heterocycles. The minimum absolute atomic E-state index is 0.00467. The molecule has 0 aromatic heterocycles. The van der Waals surface area contributed by atoms with E-state index in [9.17, 15) is 4.79 Å². The lowest BCUT2D eigenvalue weighted by Crippen LogP contribution is -2.40. The van der Waals surface area contributed by atoms with E-state index < -0.39 is 10.3 Å². The second kappa shape index (κ2) is 5.27. The van der Waals surface area contributed by atoms with Crippen LogP contribution in [0.3, 0.4) is 0 Å². The van der Waals surface area contributed by atoms with E-state index in [-0.39, 0.29) is 23.4 Å². The summed E-state index contributed by atoms with van der Waals surface area (Å²) in [6.45, 7) is 14.2. The average molecular weight is 353 g/mol. The van der Waals surface area contributed by atoms with Crippen molar-refractivity contribution in [1.29, 1.82) is 0 Å². The zero-order valence-electron chi connectivity index (χ0n) is 15.8. The summed E-state index contributed by atoms with van der Waals surface area (Å²) in [4.78, 5) is 12.4. The van der Waals surface area contributed by atoms with Crippen molar-refractivity contribution in [2.45, 2.75) is 78.4 Å². The lowest BCUT2D eigenvalue weighted by Gasteiger charge is -2.34. The number of hydrogen-bond donors (Lipinski definition) is 0. The predicted octanol–water partition coefficient (Wildman–Crippen LogP) is 4.99. The molecule has 1 saturated carbocycles. The summed E-state index contributed by atoms with van der Waals surface area (Å²) >= 11 is 7.27. The second-order valence-electron chi connectivity index (χ2n) is 9.00. The maximum Gasteiger partial charge on any atom is 0.209 e. The summed E-state index contributed by atoms with van der Waals surface area (Å²) in [7, 11) is 0. The van der Waals surface area contributed by atoms with Crippen molar-refractivity contribution in [3.63, 3.8) is 0 Å². The number of rotatable bonds is 4. The summed E-state index contributed by atoms with van der Waals surface area (Å²) < 4.78 is 12.0. The summed E-state index contributed by atoms with van der Waals surface area (Å²) in [5, 5.41) is 0. The smallest absolute Gasteiger partial charge is 0.209 e. The molecule has 3 aliphatic rings. The zero-order chi connectivity index (χ0) is 18.1. The van der Waals surface area contributed by atoms with Gasteiger partial charge < -0.3 is 9.47 Å². The van der Waals surface area contributed by atoms with E-state index in [0.29, 0.717) is 17.4 Å². The van der Waals surface area contributed by atoms with Crippen LogP contribution >= 0.6 is 11.6 Å². The number of carbonyl (C=O) groups excluding carboxylic acids is 1. The highest BCUT2D eigenvalue weighted by Gasteiger charge is 2.72. The highest BCUT2D eigenvalue weighted by molar-refractivity contribution is 6.33. The third kappa shape index (κ3) is 2.27. The molecule has 0 saturated heterocycles. The van der Waals surface area contributed by atoms with Gasteiger partial charge in [-0.15, -0.1) is 11.6 Å². The van der Waals surface area contributed by atoms with Gasteiger partial charge in [-0.25, -0.2) is 0 Å². The van der Waals surface area contributed by atoms with Gasteiger partial charge in [0.05, 0.1) is 17.6 Å². The van der Waals surface area contributed by atoms with E-state index >= 15 is 0 Å². The van der Waals surface area contributed by atoms with Gasteiger partial charge >= 0.3 is 0 Å². The quantitative estimate of drug-likeness (QED) is 0.528. The van der Waals surface area contributed by atoms with Crippen LogP contribution in [0.4, 0.5) is 0 Å². The molecule has 0 aliphatic heterocycles. The highest BCUT2D eigenvalue weighted by Crippen LogP contribution is 2.69. The first kappa shape index (κ1) is 17.8. The van der Waals surface area contributed by atoms with Gasteiger partial charge in [0.2, 0.25) is 11.5 Å². The van der Waals surface area contributed by atoms with E-state index in [0.717, 1.165) is 18.4 Å². The van der Waals surface area contributed by atoms with Gasteiger partial charge in [-0.1, -0.05) is 19.9 Å². The number of Topliss-reactive ketones (excluding diaryl/α,β-unsaturated/α-hetero) is 1. The Morgan fingerprint density at radius 2 is 1.67 bits per heavy atom. The van der Waals surface area contributed by atoms with Crippen molar-refractivity contribution in [2.24, 2.45) is 16.7 Å². The first-order chi connectivity index (χ1) is 10.9. The van der Waals surface area contributed by atoms with Crippen LogP contribution in [0.1, 0.15) is 61.3 Å². The maximum absolute atomic E-state index is 13.3. The summed E-state index contributed by atoms with van der Waals surface area (Å²) in [6.07, 6.45) is 3.91. The number of ether oxygens (including phenoxy) is 2. The molecule has 1 fully saturated rings. The van der Waals surface area contributed by atoms with Gasteiger partial charge in [-0.3, -0.25) is 4.79 Å². The van der Waals surface area contributed by atoms with Gasteiger partial charge in [0.25, 0.3) is 0 Å². The molecule has 134 valence electrons. The van der Waals surface area contributed by atoms with Crippen molar-refractivity contribution < 1.29 is 14.3 Å². The molecule has 0 unspecified atom stereocenters. The fourth-order valence-corrected chi connectivity index (χ4v) is 5.21. The third-order valence-electron chi connectivity index (χ3n) is 5.50. The van der Waals surface area contributed by atoms with Crippen LogP contribution in [0.15, 0.2) is 23.2 Å². The molecule has 0 radical (unpaired) electrons. The van der Waals surface area contributed by atoms with Crippen LogP contribution in [-0.4, -0.2) is 22.9 Å². The lowest BCUT2D eigenvalue weighted by molar-refractivity contribution is -0.127. The molecule has 0 amide bonds. The SMILES string of the molecule is CC(C)OC1=C(OC(C)C)[C@@]2(Cl)C3=CC(C)(C)C[C@@H]3C[C@@]2(C)C1=O. The molecule has 4 heteroatoms. The first-order valence-electron chi connectivity index (χ1n) is 8.97. The summed E-state index contributed by atoms with van der Waals surface area (Å²) in [5.74, 6) is 1.21. The molecule has 0 spiro atoms. The maximum atomic E-state index is 13.3. The number of fused-ring (bicyclic) bond motifs is 3. The molecule has 0 aromatic rings. The molecular formula is C20H29ClO3. The Bertz CT molecular complexity index is 643. The number of alkyl halides is 1. The normalized spacial score (nSPS) is 37.2. The zero-order valence-corrected chi connectivity index (χ0v) is 16.6. The van der Waals surface area contributed by atoms with Crippen LogP contribution < -0.4 is 0 Å². The molecule has 3 rings (SSSR count). The minimum Gasteiger partial charge on any atom is -0.489 e. The third-order valence-corrected chi connectivity index (χ3v) is 6.31. The van der Waals surface area contributed by atoms with Crippen molar-refractivity contribution in [2.75, 3.05) is 0 Å². The van der Waals surface area contributed by atoms with Gasteiger partial charge in [0, 0.05) is 0 Å². The van der Waals surface area contributed by atoms with Gasteiger partial charge in [-0.05, 0) is 64.4 Å². The van der Waals surface area contributed by atoms with Crippen LogP contribution in [0.2, 0.25) is 0 Å². The molecule has 3 atom stereocenters. The molecule has 0 bridgehead atoms. The van der Waals surface area contributed by atoms with Gasteiger partial charge in [0.15, 0.2) is 5.76 Å². The Balaban J connectivity index is 2.18. The molecule has 3 aliphatic carbocycles. The standard InChI is InChI=1S/C20H29ClO3/c1-11(2)23-15-16(22)19(7)9-13-8-18(5,6)10-14(13)20(19,21)17(15)24-12(3)4/h10-13H,8-9H2,1-7H3/t13-,19+,20+/m1/s1. The Morgan fingerprint density at radius 1 is 1.08 bits per heavy atom. The topological polar surface area (TPSA) is 35.5 Å². The number of hydrogen-bond acceptors (Lipinski definition) is 3. The van der Waals surface area contributed by atoms with Crippen molar-refractivity contribution in [3.05, 3.63) is 23.2 Å². The van der Waals surface area contributed by atoms with E-state index in [1.165, 1.54) is 0 Å². The van der Waals surface area contributed by atoms with E-state index in [1.54, 1.807) is 0 Å². The predicted molar refractivity (Wildman–Crippen MR) is 95.8 cm³/mol. The van der Waals surface area contributed by atoms with Crippen LogP contribution in [0.5, 0.6) is 0 Å². The molecule has 3 nitrogen and oxygen atoms in total. The molecule has 0 aromatic carbocycles. The van der Waals surface area contributed by atoms with Crippen LogP contribution in [0.25, 0.3) is 0 Å². The van der Waals surface area contributed by atoms with E-state index in [4.69, 9.17) is 21.1 Å². The van der Waals surface area contributed by atoms with Crippen molar-refractivity contribution in [1.82, 2.24) is 0 Å². The summed E-state index contributed by atoms with van der Waals surface area (Å²) in [6, 6.07) is 0. The van der Waals surface area contributed by atoms with Crippen LogP contribution in [0, 0.1) is 16.7 Å². The lowest BCUT2D eigenvalue weighted by atomic mass is 9.76.